The first-order valence-corrected chi connectivity index (χ1v) is 12.9. The summed E-state index contributed by atoms with van der Waals surface area (Å²) in [5.41, 5.74) is -0.464. The SMILES string of the molecule is C[C@@H](CS(=O)(=O)CCCCCC1CCC(=O)NC1=O)c1ccc(F)c(OCC(C)(C)O)c1. The third-order valence-electron chi connectivity index (χ3n) is 5.47. The third-order valence-corrected chi connectivity index (χ3v) is 7.39. The van der Waals surface area contributed by atoms with Crippen LogP contribution in [0.25, 0.3) is 0 Å². The van der Waals surface area contributed by atoms with Crippen molar-refractivity contribution in [2.24, 2.45) is 5.92 Å². The molecule has 2 N–H and O–H groups in total. The van der Waals surface area contributed by atoms with E-state index in [2.05, 4.69) is 5.32 Å². The highest BCUT2D eigenvalue weighted by Gasteiger charge is 2.26. The summed E-state index contributed by atoms with van der Waals surface area (Å²) < 4.78 is 44.4. The van der Waals surface area contributed by atoms with Crippen molar-refractivity contribution in [2.45, 2.75) is 70.8 Å². The van der Waals surface area contributed by atoms with E-state index in [0.29, 0.717) is 37.7 Å². The van der Waals surface area contributed by atoms with Gasteiger partial charge in [0.25, 0.3) is 0 Å². The molecule has 0 aromatic heterocycles. The van der Waals surface area contributed by atoms with Crippen LogP contribution in [0.15, 0.2) is 18.2 Å². The van der Waals surface area contributed by atoms with E-state index in [1.165, 1.54) is 12.1 Å². The number of benzene rings is 1. The number of carbonyl (C=O) groups is 2. The minimum Gasteiger partial charge on any atom is -0.488 e. The lowest BCUT2D eigenvalue weighted by Crippen LogP contribution is -2.40. The molecule has 32 heavy (non-hydrogen) atoms. The zero-order chi connectivity index (χ0) is 23.9. The van der Waals surface area contributed by atoms with Crippen LogP contribution in [-0.2, 0) is 19.4 Å². The van der Waals surface area contributed by atoms with Gasteiger partial charge in [0, 0.05) is 12.3 Å². The van der Waals surface area contributed by atoms with Gasteiger partial charge < -0.3 is 9.84 Å². The summed E-state index contributed by atoms with van der Waals surface area (Å²) in [6.45, 7) is 4.79. The highest BCUT2D eigenvalue weighted by Crippen LogP contribution is 2.26. The Morgan fingerprint density at radius 3 is 2.62 bits per heavy atom. The van der Waals surface area contributed by atoms with Gasteiger partial charge in [-0.15, -0.1) is 0 Å². The quantitative estimate of drug-likeness (QED) is 0.358. The highest BCUT2D eigenvalue weighted by molar-refractivity contribution is 7.91. The van der Waals surface area contributed by atoms with Gasteiger partial charge in [0.1, 0.15) is 6.61 Å². The Labute approximate surface area is 189 Å². The molecule has 2 rings (SSSR count). The van der Waals surface area contributed by atoms with Crippen molar-refractivity contribution >= 4 is 21.7 Å². The molecular formula is C23H34FNO6S. The Balaban J connectivity index is 1.80. The van der Waals surface area contributed by atoms with Crippen LogP contribution in [-0.4, -0.2) is 49.1 Å². The maximum absolute atomic E-state index is 14.0. The van der Waals surface area contributed by atoms with Gasteiger partial charge in [-0.25, -0.2) is 12.8 Å². The van der Waals surface area contributed by atoms with Crippen LogP contribution in [0.5, 0.6) is 5.75 Å². The van der Waals surface area contributed by atoms with E-state index >= 15 is 0 Å². The second-order valence-electron chi connectivity index (χ2n) is 9.30. The van der Waals surface area contributed by atoms with Crippen LogP contribution in [0, 0.1) is 11.7 Å². The number of hydrogen-bond donors (Lipinski definition) is 2. The molecule has 2 atom stereocenters. The molecule has 1 aromatic rings. The van der Waals surface area contributed by atoms with E-state index in [-0.39, 0.29) is 47.5 Å². The fourth-order valence-corrected chi connectivity index (χ4v) is 5.42. The van der Waals surface area contributed by atoms with Gasteiger partial charge in [-0.1, -0.05) is 25.8 Å². The minimum atomic E-state index is -3.31. The highest BCUT2D eigenvalue weighted by atomic mass is 32.2. The molecule has 1 aliphatic heterocycles. The molecule has 1 aromatic carbocycles. The van der Waals surface area contributed by atoms with Crippen molar-refractivity contribution in [3.05, 3.63) is 29.6 Å². The molecule has 1 unspecified atom stereocenters. The van der Waals surface area contributed by atoms with Crippen LogP contribution in [0.4, 0.5) is 4.39 Å². The monoisotopic (exact) mass is 471 g/mol. The van der Waals surface area contributed by atoms with Crippen molar-refractivity contribution in [1.82, 2.24) is 5.32 Å². The maximum Gasteiger partial charge on any atom is 0.229 e. The summed E-state index contributed by atoms with van der Waals surface area (Å²) in [6, 6.07) is 4.28. The predicted octanol–water partition coefficient (Wildman–Crippen LogP) is 3.11. The maximum atomic E-state index is 14.0. The minimum absolute atomic E-state index is 0.0117. The van der Waals surface area contributed by atoms with Gasteiger partial charge in [0.15, 0.2) is 21.4 Å². The lowest BCUT2D eigenvalue weighted by molar-refractivity contribution is -0.136. The second kappa shape index (κ2) is 11.2. The van der Waals surface area contributed by atoms with E-state index in [1.54, 1.807) is 26.8 Å². The Hall–Kier alpha value is -2.00. The molecule has 2 amide bonds. The summed E-state index contributed by atoms with van der Waals surface area (Å²) >= 11 is 0. The van der Waals surface area contributed by atoms with E-state index in [0.717, 1.165) is 6.42 Å². The van der Waals surface area contributed by atoms with Crippen LogP contribution in [0.2, 0.25) is 0 Å². The molecule has 1 heterocycles. The molecule has 9 heteroatoms. The first-order valence-electron chi connectivity index (χ1n) is 11.0. The average molecular weight is 472 g/mol. The number of halogens is 1. The van der Waals surface area contributed by atoms with Gasteiger partial charge in [-0.2, -0.15) is 0 Å². The molecular weight excluding hydrogens is 437 g/mol. The smallest absolute Gasteiger partial charge is 0.229 e. The number of piperidine rings is 1. The summed E-state index contributed by atoms with van der Waals surface area (Å²) in [4.78, 5) is 22.9. The summed E-state index contributed by atoms with van der Waals surface area (Å²) in [6.07, 6.45) is 3.49. The average Bonchev–Trinajstić information content (AvgIpc) is 2.67. The molecule has 180 valence electrons. The summed E-state index contributed by atoms with van der Waals surface area (Å²) in [7, 11) is -3.31. The van der Waals surface area contributed by atoms with Crippen molar-refractivity contribution in [2.75, 3.05) is 18.1 Å². The molecule has 0 aliphatic carbocycles. The second-order valence-corrected chi connectivity index (χ2v) is 11.5. The van der Waals surface area contributed by atoms with Gasteiger partial charge >= 0.3 is 0 Å². The van der Waals surface area contributed by atoms with Gasteiger partial charge in [0.05, 0.1) is 17.1 Å². The largest absolute Gasteiger partial charge is 0.488 e. The fourth-order valence-electron chi connectivity index (χ4n) is 3.66. The Kier molecular flexibility index (Phi) is 9.21. The van der Waals surface area contributed by atoms with Crippen molar-refractivity contribution in [1.29, 1.82) is 0 Å². The molecule has 0 spiro atoms. The lowest BCUT2D eigenvalue weighted by atomic mass is 9.92. The van der Waals surface area contributed by atoms with Crippen LogP contribution < -0.4 is 10.1 Å². The normalized spacial score (nSPS) is 18.3. The third kappa shape index (κ3) is 8.86. The Bertz CT molecular complexity index is 910. The lowest BCUT2D eigenvalue weighted by Gasteiger charge is -2.20. The number of aliphatic hydroxyl groups is 1. The Morgan fingerprint density at radius 2 is 1.97 bits per heavy atom. The van der Waals surface area contributed by atoms with Crippen LogP contribution in [0.1, 0.15) is 70.8 Å². The van der Waals surface area contributed by atoms with E-state index < -0.39 is 21.3 Å². The molecule has 0 saturated carbocycles. The first-order chi connectivity index (χ1) is 14.9. The molecule has 0 bridgehead atoms. The topological polar surface area (TPSA) is 110 Å². The molecule has 1 saturated heterocycles. The van der Waals surface area contributed by atoms with Crippen molar-refractivity contribution < 1.29 is 32.2 Å². The molecule has 1 fully saturated rings. The number of amides is 2. The number of sulfone groups is 1. The number of imide groups is 1. The number of rotatable bonds is 12. The van der Waals surface area contributed by atoms with E-state index in [1.807, 2.05) is 0 Å². The van der Waals surface area contributed by atoms with Crippen LogP contribution >= 0.6 is 0 Å². The van der Waals surface area contributed by atoms with Crippen molar-refractivity contribution in [3.63, 3.8) is 0 Å². The molecule has 7 nitrogen and oxygen atoms in total. The molecule has 1 aliphatic rings. The number of unbranched alkanes of at least 4 members (excludes halogenated alkanes) is 2. The zero-order valence-corrected chi connectivity index (χ0v) is 19.8. The van der Waals surface area contributed by atoms with Crippen molar-refractivity contribution in [3.8, 4) is 5.75 Å². The zero-order valence-electron chi connectivity index (χ0n) is 19.0. The number of carbonyl (C=O) groups excluding carboxylic acids is 2. The van der Waals surface area contributed by atoms with Gasteiger partial charge in [0.2, 0.25) is 11.8 Å². The standard InChI is InChI=1S/C23H34FNO6S/c1-16(18-8-10-19(24)20(13-18)31-15-23(2,3)28)14-32(29,30)12-6-4-5-7-17-9-11-21(26)25-22(17)27/h8,10,13,16-17,28H,4-7,9,11-12,14-15H2,1-3H3,(H,25,26,27)/t16-,17?/m0/s1. The van der Waals surface area contributed by atoms with Gasteiger partial charge in [-0.05, 0) is 56.7 Å². The summed E-state index contributed by atoms with van der Waals surface area (Å²) in [5, 5.41) is 12.1. The van der Waals surface area contributed by atoms with Crippen LogP contribution in [0.3, 0.4) is 0 Å². The van der Waals surface area contributed by atoms with E-state index in [4.69, 9.17) is 4.74 Å². The van der Waals surface area contributed by atoms with E-state index in [9.17, 15) is 27.5 Å². The molecule has 0 radical (unpaired) electrons. The Morgan fingerprint density at radius 1 is 1.25 bits per heavy atom. The number of ether oxygens (including phenoxy) is 1. The number of nitrogens with one attached hydrogen (secondary N) is 1. The summed E-state index contributed by atoms with van der Waals surface area (Å²) in [5.74, 6) is -1.56. The van der Waals surface area contributed by atoms with Gasteiger partial charge in [-0.3, -0.25) is 14.9 Å². The number of hydrogen-bond acceptors (Lipinski definition) is 6. The predicted molar refractivity (Wildman–Crippen MR) is 120 cm³/mol. The first kappa shape index (κ1) is 26.3. The fraction of sp³-hybridized carbons (Fsp3) is 0.652.